The van der Waals surface area contributed by atoms with Crippen molar-refractivity contribution >= 4 is 33.0 Å². The summed E-state index contributed by atoms with van der Waals surface area (Å²) in [5.41, 5.74) is 0.687. The molecule has 1 fully saturated rings. The fourth-order valence-corrected chi connectivity index (χ4v) is 3.65. The van der Waals surface area contributed by atoms with Crippen LogP contribution in [0.4, 0.5) is 0 Å². The van der Waals surface area contributed by atoms with E-state index in [4.69, 9.17) is 16.0 Å². The van der Waals surface area contributed by atoms with Gasteiger partial charge in [0.05, 0.1) is 15.6 Å². The van der Waals surface area contributed by atoms with Crippen molar-refractivity contribution in [1.82, 2.24) is 4.98 Å². The number of carbonyl (C=O) groups is 2. The van der Waals surface area contributed by atoms with Crippen LogP contribution in [0.15, 0.2) is 27.5 Å². The van der Waals surface area contributed by atoms with Crippen LogP contribution in [0.2, 0.25) is 5.02 Å². The molecule has 1 heterocycles. The van der Waals surface area contributed by atoms with E-state index >= 15 is 0 Å². The largest absolute Gasteiger partial charge is 0.444 e. The number of nitrogens with zero attached hydrogens (tertiary/aromatic N) is 1. The SMILES string of the molecule is Cc1nc(C(C(=O)c2ccc(S(C)(=O)=O)cc2Cl)C(=O)C2CC2)oc1C. The van der Waals surface area contributed by atoms with Gasteiger partial charge < -0.3 is 4.42 Å². The van der Waals surface area contributed by atoms with Crippen LogP contribution in [0.3, 0.4) is 0 Å². The Labute approximate surface area is 156 Å². The molecule has 1 aliphatic carbocycles. The lowest BCUT2D eigenvalue weighted by Crippen LogP contribution is -2.24. The topological polar surface area (TPSA) is 94.3 Å². The van der Waals surface area contributed by atoms with Crippen molar-refractivity contribution in [2.45, 2.75) is 37.5 Å². The van der Waals surface area contributed by atoms with E-state index in [0.717, 1.165) is 19.1 Å². The maximum absolute atomic E-state index is 13.1. The van der Waals surface area contributed by atoms with Crippen LogP contribution in [0.1, 0.15) is 46.5 Å². The summed E-state index contributed by atoms with van der Waals surface area (Å²) in [5.74, 6) is -1.51. The van der Waals surface area contributed by atoms with Gasteiger partial charge in [0.25, 0.3) is 0 Å². The fraction of sp³-hybridized carbons (Fsp3) is 0.389. The summed E-state index contributed by atoms with van der Waals surface area (Å²) in [4.78, 5) is 30.0. The lowest BCUT2D eigenvalue weighted by Gasteiger charge is -2.13. The molecule has 0 saturated heterocycles. The lowest BCUT2D eigenvalue weighted by molar-refractivity contribution is -0.121. The van der Waals surface area contributed by atoms with Crippen molar-refractivity contribution in [2.24, 2.45) is 5.92 Å². The van der Waals surface area contributed by atoms with Crippen LogP contribution in [-0.2, 0) is 14.6 Å². The maximum Gasteiger partial charge on any atom is 0.213 e. The molecule has 1 aromatic carbocycles. The third-order valence-electron chi connectivity index (χ3n) is 4.45. The average molecular weight is 396 g/mol. The first-order valence-electron chi connectivity index (χ1n) is 8.11. The van der Waals surface area contributed by atoms with Crippen LogP contribution in [-0.4, -0.2) is 31.2 Å². The summed E-state index contributed by atoms with van der Waals surface area (Å²) in [5, 5.41) is -0.0217. The minimum absolute atomic E-state index is 0.00642. The van der Waals surface area contributed by atoms with Gasteiger partial charge >= 0.3 is 0 Å². The minimum atomic E-state index is -3.46. The molecule has 1 saturated carbocycles. The average Bonchev–Trinajstić information content (AvgIpc) is 3.33. The molecule has 1 aromatic heterocycles. The first kappa shape index (κ1) is 18.8. The summed E-state index contributed by atoms with van der Waals surface area (Å²) in [6.07, 6.45) is 2.53. The van der Waals surface area contributed by atoms with Crippen LogP contribution in [0.25, 0.3) is 0 Å². The van der Waals surface area contributed by atoms with Gasteiger partial charge in [-0.1, -0.05) is 11.6 Å². The molecule has 26 heavy (non-hydrogen) atoms. The second-order valence-corrected chi connectivity index (χ2v) is 9.00. The van der Waals surface area contributed by atoms with Crippen LogP contribution >= 0.6 is 11.6 Å². The number of carbonyl (C=O) groups excluding carboxylic acids is 2. The summed E-state index contributed by atoms with van der Waals surface area (Å²) in [6.45, 7) is 3.45. The highest BCUT2D eigenvalue weighted by molar-refractivity contribution is 7.90. The molecule has 0 spiro atoms. The van der Waals surface area contributed by atoms with Gasteiger partial charge in [0.2, 0.25) is 5.89 Å². The van der Waals surface area contributed by atoms with Gasteiger partial charge in [-0.3, -0.25) is 9.59 Å². The third kappa shape index (κ3) is 3.59. The van der Waals surface area contributed by atoms with Crippen molar-refractivity contribution in [3.05, 3.63) is 46.1 Å². The summed E-state index contributed by atoms with van der Waals surface area (Å²) in [7, 11) is -3.46. The standard InChI is InChI=1S/C18H18ClNO5S/c1-9-10(2)25-18(20-9)15(16(21)11-4-5-11)17(22)13-7-6-12(8-14(13)19)26(3,23)24/h6-8,11,15H,4-5H2,1-3H3. The van der Waals surface area contributed by atoms with E-state index in [9.17, 15) is 18.0 Å². The molecule has 0 bridgehead atoms. The number of hydrogen-bond acceptors (Lipinski definition) is 6. The number of halogens is 1. The van der Waals surface area contributed by atoms with Gasteiger partial charge in [-0.15, -0.1) is 0 Å². The zero-order valence-electron chi connectivity index (χ0n) is 14.6. The number of aromatic nitrogens is 1. The molecule has 0 N–H and O–H groups in total. The predicted molar refractivity (Wildman–Crippen MR) is 95.3 cm³/mol. The summed E-state index contributed by atoms with van der Waals surface area (Å²) in [6, 6.07) is 3.85. The Morgan fingerprint density at radius 2 is 1.92 bits per heavy atom. The molecule has 2 aromatic rings. The molecular formula is C18H18ClNO5S. The predicted octanol–water partition coefficient (Wildman–Crippen LogP) is 3.29. The first-order valence-corrected chi connectivity index (χ1v) is 10.4. The maximum atomic E-state index is 13.1. The highest BCUT2D eigenvalue weighted by Crippen LogP contribution is 2.38. The monoisotopic (exact) mass is 395 g/mol. The van der Waals surface area contributed by atoms with Gasteiger partial charge in [0, 0.05) is 17.7 Å². The van der Waals surface area contributed by atoms with Crippen LogP contribution in [0, 0.1) is 19.8 Å². The number of sulfone groups is 1. The van der Waals surface area contributed by atoms with Crippen LogP contribution in [0.5, 0.6) is 0 Å². The fourth-order valence-electron chi connectivity index (χ4n) is 2.67. The number of oxazole rings is 1. The first-order chi connectivity index (χ1) is 12.1. The highest BCUT2D eigenvalue weighted by Gasteiger charge is 2.42. The van der Waals surface area contributed by atoms with E-state index in [2.05, 4.69) is 4.98 Å². The molecule has 0 aliphatic heterocycles. The molecule has 1 aliphatic rings. The van der Waals surface area contributed by atoms with Gasteiger partial charge in [-0.05, 0) is 44.9 Å². The van der Waals surface area contributed by atoms with Crippen molar-refractivity contribution in [3.63, 3.8) is 0 Å². The van der Waals surface area contributed by atoms with Crippen molar-refractivity contribution in [2.75, 3.05) is 6.26 Å². The summed E-state index contributed by atoms with van der Waals surface area (Å²) >= 11 is 6.15. The Balaban J connectivity index is 2.04. The molecule has 0 radical (unpaired) electrons. The molecule has 1 atom stereocenters. The summed E-state index contributed by atoms with van der Waals surface area (Å²) < 4.78 is 28.8. The van der Waals surface area contributed by atoms with E-state index < -0.39 is 21.5 Å². The lowest BCUT2D eigenvalue weighted by atomic mass is 9.91. The molecule has 138 valence electrons. The molecule has 1 unspecified atom stereocenters. The van der Waals surface area contributed by atoms with Gasteiger partial charge in [0.1, 0.15) is 5.76 Å². The Morgan fingerprint density at radius 1 is 1.27 bits per heavy atom. The van der Waals surface area contributed by atoms with E-state index in [1.807, 2.05) is 0 Å². The molecule has 0 amide bonds. The Hall–Kier alpha value is -1.99. The number of hydrogen-bond donors (Lipinski definition) is 0. The molecule has 3 rings (SSSR count). The van der Waals surface area contributed by atoms with E-state index in [1.165, 1.54) is 18.2 Å². The second-order valence-electron chi connectivity index (χ2n) is 6.58. The third-order valence-corrected chi connectivity index (χ3v) is 5.88. The smallest absolute Gasteiger partial charge is 0.213 e. The molecular weight excluding hydrogens is 378 g/mol. The zero-order valence-corrected chi connectivity index (χ0v) is 16.1. The van der Waals surface area contributed by atoms with Crippen molar-refractivity contribution < 1.29 is 22.4 Å². The minimum Gasteiger partial charge on any atom is -0.444 e. The number of rotatable bonds is 6. The van der Waals surface area contributed by atoms with Gasteiger partial charge in [-0.25, -0.2) is 13.4 Å². The number of aryl methyl sites for hydroxylation is 2. The normalized spacial score (nSPS) is 15.7. The Kier molecular flexibility index (Phi) is 4.79. The number of Topliss-reactive ketones (excluding diaryl/α,β-unsaturated/α-hetero) is 2. The number of ketones is 2. The van der Waals surface area contributed by atoms with Gasteiger partial charge in [-0.2, -0.15) is 0 Å². The van der Waals surface area contributed by atoms with E-state index in [0.29, 0.717) is 11.5 Å². The Morgan fingerprint density at radius 3 is 2.38 bits per heavy atom. The second kappa shape index (κ2) is 6.63. The van der Waals surface area contributed by atoms with Gasteiger partial charge in [0.15, 0.2) is 27.3 Å². The van der Waals surface area contributed by atoms with Crippen molar-refractivity contribution in [3.8, 4) is 0 Å². The van der Waals surface area contributed by atoms with E-state index in [-0.39, 0.29) is 33.1 Å². The quantitative estimate of drug-likeness (QED) is 0.550. The van der Waals surface area contributed by atoms with E-state index in [1.54, 1.807) is 13.8 Å². The molecule has 8 heteroatoms. The van der Waals surface area contributed by atoms with Crippen molar-refractivity contribution in [1.29, 1.82) is 0 Å². The Bertz CT molecular complexity index is 985. The molecule has 6 nitrogen and oxygen atoms in total. The zero-order chi connectivity index (χ0) is 19.2. The highest BCUT2D eigenvalue weighted by atomic mass is 35.5. The van der Waals surface area contributed by atoms with Crippen LogP contribution < -0.4 is 0 Å². The number of benzene rings is 1.